The summed E-state index contributed by atoms with van der Waals surface area (Å²) in [4.78, 5) is 19.8. The molecular weight excluding hydrogens is 187 g/mol. The van der Waals surface area contributed by atoms with Crippen LogP contribution in [0.1, 0.15) is 32.1 Å². The normalized spacial score (nSPS) is 8.67. The first-order chi connectivity index (χ1) is 5.13. The number of hydrogen-bond acceptors (Lipinski definition) is 3. The van der Waals surface area contributed by atoms with Gasteiger partial charge in [-0.05, 0) is 19.3 Å². The number of unbranched alkanes of at least 4 members (excludes halogenated alkanes) is 2. The van der Waals surface area contributed by atoms with Crippen LogP contribution in [0.2, 0.25) is 0 Å². The largest absolute Gasteiger partial charge is 1.00 e. The van der Waals surface area contributed by atoms with E-state index in [0.29, 0.717) is 19.3 Å². The van der Waals surface area contributed by atoms with Crippen molar-refractivity contribution in [3.8, 4) is 0 Å². The molecule has 0 aromatic carbocycles. The second kappa shape index (κ2) is 9.66. The maximum atomic E-state index is 9.97. The summed E-state index contributed by atoms with van der Waals surface area (Å²) < 4.78 is 0. The van der Waals surface area contributed by atoms with Gasteiger partial charge in [0.2, 0.25) is 0 Å². The molecule has 0 spiro atoms. The molecule has 0 aromatic heterocycles. The van der Waals surface area contributed by atoms with E-state index in [-0.39, 0.29) is 64.2 Å². The van der Waals surface area contributed by atoms with Crippen LogP contribution in [0, 0.1) is 0 Å². The van der Waals surface area contributed by atoms with Crippen LogP contribution in [0.3, 0.4) is 0 Å². The third kappa shape index (κ3) is 13.2. The second-order valence-corrected chi connectivity index (χ2v) is 2.33. The van der Waals surface area contributed by atoms with Crippen molar-refractivity contribution < 1.29 is 71.2 Å². The van der Waals surface area contributed by atoms with Crippen molar-refractivity contribution in [1.29, 1.82) is 0 Å². The number of rotatable bonds is 6. The molecule has 0 rings (SSSR count). The predicted octanol–water partition coefficient (Wildman–Crippen LogP) is -3.22. The Morgan fingerprint density at radius 1 is 1.08 bits per heavy atom. The molecule has 0 saturated carbocycles. The van der Waals surface area contributed by atoms with Crippen LogP contribution in [-0.2, 0) is 9.59 Å². The van der Waals surface area contributed by atoms with E-state index < -0.39 is 11.9 Å². The van der Waals surface area contributed by atoms with Crippen molar-refractivity contribution in [2.45, 2.75) is 32.1 Å². The third-order valence-electron chi connectivity index (χ3n) is 1.27. The van der Waals surface area contributed by atoms with Gasteiger partial charge in [-0.25, -0.2) is 0 Å². The fraction of sp³-hybridized carbons (Fsp3) is 0.714. The zero-order valence-corrected chi connectivity index (χ0v) is 10.3. The van der Waals surface area contributed by atoms with Gasteiger partial charge in [0.1, 0.15) is 0 Å². The summed E-state index contributed by atoms with van der Waals surface area (Å²) in [6.45, 7) is 0. The molecule has 0 aromatic rings. The van der Waals surface area contributed by atoms with Crippen LogP contribution in [-0.4, -0.2) is 17.0 Å². The predicted molar refractivity (Wildman–Crippen MR) is 35.7 cm³/mol. The molecule has 0 unspecified atom stereocenters. The first kappa shape index (κ1) is 15.1. The maximum Gasteiger partial charge on any atom is 1.00 e. The minimum Gasteiger partial charge on any atom is -0.550 e. The number of carbonyl (C=O) groups excluding carboxylic acids is 1. The minimum absolute atomic E-state index is 0. The van der Waals surface area contributed by atoms with Crippen molar-refractivity contribution in [3.05, 3.63) is 0 Å². The van der Waals surface area contributed by atoms with E-state index >= 15 is 0 Å². The first-order valence-electron chi connectivity index (χ1n) is 3.54. The Bertz CT molecular complexity index is 130. The molecule has 0 fully saturated rings. The van der Waals surface area contributed by atoms with Crippen LogP contribution in [0.5, 0.6) is 0 Å². The molecule has 0 bridgehead atoms. The number of aliphatic carboxylic acids is 2. The molecule has 0 aliphatic rings. The van der Waals surface area contributed by atoms with Crippen molar-refractivity contribution in [3.63, 3.8) is 0 Å². The van der Waals surface area contributed by atoms with Crippen LogP contribution < -0.4 is 56.5 Å². The van der Waals surface area contributed by atoms with Crippen LogP contribution in [0.4, 0.5) is 0 Å². The number of carbonyl (C=O) groups is 2. The molecule has 0 amide bonds. The van der Waals surface area contributed by atoms with Gasteiger partial charge in [0, 0.05) is 12.4 Å². The van der Waals surface area contributed by atoms with Gasteiger partial charge in [-0.1, -0.05) is 6.42 Å². The fourth-order valence-corrected chi connectivity index (χ4v) is 0.722. The molecule has 64 valence electrons. The standard InChI is InChI=1S/C7H12O4.K/c8-6(9)4-2-1-3-5-7(10)11;/h1-5H2,(H,8,9)(H,10,11);/q;+1/p-1. The Hall–Kier alpha value is 0.576. The summed E-state index contributed by atoms with van der Waals surface area (Å²) in [5.41, 5.74) is 0. The van der Waals surface area contributed by atoms with Gasteiger partial charge in [0.15, 0.2) is 0 Å². The molecule has 0 saturated heterocycles. The van der Waals surface area contributed by atoms with Gasteiger partial charge in [0.25, 0.3) is 0 Å². The Kier molecular flexibility index (Phi) is 12.1. The Morgan fingerprint density at radius 3 is 2.00 bits per heavy atom. The smallest absolute Gasteiger partial charge is 0.550 e. The Balaban J connectivity index is 0. The van der Waals surface area contributed by atoms with Crippen molar-refractivity contribution >= 4 is 11.9 Å². The number of hydrogen-bond donors (Lipinski definition) is 1. The summed E-state index contributed by atoms with van der Waals surface area (Å²) >= 11 is 0. The van der Waals surface area contributed by atoms with Crippen molar-refractivity contribution in [2.75, 3.05) is 0 Å². The maximum absolute atomic E-state index is 9.97. The Morgan fingerprint density at radius 2 is 1.58 bits per heavy atom. The average Bonchev–Trinajstić information content (AvgIpc) is 1.85. The van der Waals surface area contributed by atoms with E-state index in [9.17, 15) is 14.7 Å². The van der Waals surface area contributed by atoms with Gasteiger partial charge in [-0.15, -0.1) is 0 Å². The third-order valence-corrected chi connectivity index (χ3v) is 1.27. The van der Waals surface area contributed by atoms with Gasteiger partial charge in [-0.3, -0.25) is 4.79 Å². The molecule has 0 atom stereocenters. The van der Waals surface area contributed by atoms with E-state index in [4.69, 9.17) is 5.11 Å². The number of carboxylic acid groups (broad SMARTS) is 2. The summed E-state index contributed by atoms with van der Waals surface area (Å²) in [7, 11) is 0. The van der Waals surface area contributed by atoms with E-state index in [1.807, 2.05) is 0 Å². The summed E-state index contributed by atoms with van der Waals surface area (Å²) in [5, 5.41) is 18.1. The molecule has 0 aliphatic heterocycles. The van der Waals surface area contributed by atoms with E-state index in [1.165, 1.54) is 0 Å². The van der Waals surface area contributed by atoms with Gasteiger partial charge < -0.3 is 15.0 Å². The molecular formula is C7H11KO4. The summed E-state index contributed by atoms with van der Waals surface area (Å²) in [6, 6.07) is 0. The van der Waals surface area contributed by atoms with E-state index in [0.717, 1.165) is 0 Å². The Labute approximate surface area is 114 Å². The fourth-order valence-electron chi connectivity index (χ4n) is 0.722. The molecule has 1 N–H and O–H groups in total. The topological polar surface area (TPSA) is 77.4 Å². The van der Waals surface area contributed by atoms with Crippen LogP contribution >= 0.6 is 0 Å². The van der Waals surface area contributed by atoms with Gasteiger partial charge in [0.05, 0.1) is 0 Å². The minimum atomic E-state index is -1.07. The molecule has 12 heavy (non-hydrogen) atoms. The quantitative estimate of drug-likeness (QED) is 0.360. The molecule has 0 heterocycles. The molecule has 5 heteroatoms. The monoisotopic (exact) mass is 198 g/mol. The van der Waals surface area contributed by atoms with E-state index in [2.05, 4.69) is 0 Å². The molecule has 0 radical (unpaired) electrons. The average molecular weight is 198 g/mol. The van der Waals surface area contributed by atoms with Crippen molar-refractivity contribution in [2.24, 2.45) is 0 Å². The summed E-state index contributed by atoms with van der Waals surface area (Å²) in [5.74, 6) is -1.90. The molecule has 0 aliphatic carbocycles. The second-order valence-electron chi connectivity index (χ2n) is 2.33. The van der Waals surface area contributed by atoms with Crippen molar-refractivity contribution in [1.82, 2.24) is 0 Å². The number of carboxylic acids is 2. The van der Waals surface area contributed by atoms with Crippen LogP contribution in [0.15, 0.2) is 0 Å². The summed E-state index contributed by atoms with van der Waals surface area (Å²) in [6.07, 6.45) is 1.84. The molecule has 4 nitrogen and oxygen atoms in total. The first-order valence-corrected chi connectivity index (χ1v) is 3.54. The van der Waals surface area contributed by atoms with Gasteiger partial charge >= 0.3 is 57.4 Å². The van der Waals surface area contributed by atoms with E-state index in [1.54, 1.807) is 0 Å². The SMILES string of the molecule is O=C([O-])CCCCCC(=O)O.[K+]. The van der Waals surface area contributed by atoms with Crippen LogP contribution in [0.25, 0.3) is 0 Å². The van der Waals surface area contributed by atoms with Gasteiger partial charge in [-0.2, -0.15) is 0 Å². The zero-order valence-electron chi connectivity index (χ0n) is 7.21. The zero-order chi connectivity index (χ0) is 8.69.